The summed E-state index contributed by atoms with van der Waals surface area (Å²) >= 11 is 0. The van der Waals surface area contributed by atoms with E-state index >= 15 is 0 Å². The molecule has 7 nitrogen and oxygen atoms in total. The van der Waals surface area contributed by atoms with Gasteiger partial charge in [-0.15, -0.1) is 0 Å². The SMILES string of the molecule is CCCc1cnc2c(c1NC(=O)c1cc(C)cc(C)c1)c(=O)n(C)c(=O)n2C. The summed E-state index contributed by atoms with van der Waals surface area (Å²) in [5.74, 6) is -0.299. The van der Waals surface area contributed by atoms with Crippen molar-refractivity contribution in [2.24, 2.45) is 14.1 Å². The number of pyridine rings is 1. The topological polar surface area (TPSA) is 86.0 Å². The molecule has 1 N–H and O–H groups in total. The second-order valence-corrected chi connectivity index (χ2v) is 7.14. The fourth-order valence-corrected chi connectivity index (χ4v) is 3.46. The quantitative estimate of drug-likeness (QED) is 0.753. The third-order valence-corrected chi connectivity index (χ3v) is 4.79. The Morgan fingerprint density at radius 2 is 1.71 bits per heavy atom. The molecule has 7 heteroatoms. The molecule has 0 aliphatic heterocycles. The van der Waals surface area contributed by atoms with E-state index in [4.69, 9.17) is 0 Å². The third kappa shape index (κ3) is 3.35. The van der Waals surface area contributed by atoms with Crippen molar-refractivity contribution in [3.63, 3.8) is 0 Å². The standard InChI is InChI=1S/C21H24N4O3/c1-6-7-14-11-22-18-16(20(27)25(5)21(28)24(18)4)17(14)23-19(26)15-9-12(2)8-13(3)10-15/h8-11H,6-7H2,1-5H3,(H,22,23,26). The van der Waals surface area contributed by atoms with Gasteiger partial charge in [-0.2, -0.15) is 0 Å². The van der Waals surface area contributed by atoms with Crippen molar-refractivity contribution < 1.29 is 4.79 Å². The number of fused-ring (bicyclic) bond motifs is 1. The fourth-order valence-electron chi connectivity index (χ4n) is 3.46. The number of anilines is 1. The Morgan fingerprint density at radius 1 is 1.07 bits per heavy atom. The smallest absolute Gasteiger partial charge is 0.321 e. The van der Waals surface area contributed by atoms with E-state index in [-0.39, 0.29) is 16.9 Å². The maximum absolute atomic E-state index is 13.0. The number of hydrogen-bond donors (Lipinski definition) is 1. The number of aromatic nitrogens is 3. The van der Waals surface area contributed by atoms with Gasteiger partial charge in [-0.05, 0) is 38.0 Å². The molecule has 0 spiro atoms. The zero-order chi connectivity index (χ0) is 20.6. The van der Waals surface area contributed by atoms with E-state index in [1.807, 2.05) is 26.8 Å². The predicted molar refractivity (Wildman–Crippen MR) is 110 cm³/mol. The number of aryl methyl sites for hydroxylation is 4. The zero-order valence-corrected chi connectivity index (χ0v) is 16.8. The van der Waals surface area contributed by atoms with Crippen LogP contribution in [0.15, 0.2) is 34.0 Å². The maximum Gasteiger partial charge on any atom is 0.332 e. The lowest BCUT2D eigenvalue weighted by Crippen LogP contribution is -2.38. The first kappa shape index (κ1) is 19.5. The van der Waals surface area contributed by atoms with Gasteiger partial charge in [0.25, 0.3) is 11.5 Å². The van der Waals surface area contributed by atoms with E-state index < -0.39 is 11.2 Å². The van der Waals surface area contributed by atoms with Gasteiger partial charge in [0, 0.05) is 25.9 Å². The van der Waals surface area contributed by atoms with Gasteiger partial charge >= 0.3 is 5.69 Å². The van der Waals surface area contributed by atoms with Crippen LogP contribution in [0.1, 0.15) is 40.4 Å². The highest BCUT2D eigenvalue weighted by Crippen LogP contribution is 2.25. The van der Waals surface area contributed by atoms with E-state index in [2.05, 4.69) is 10.3 Å². The summed E-state index contributed by atoms with van der Waals surface area (Å²) in [5, 5.41) is 3.16. The summed E-state index contributed by atoms with van der Waals surface area (Å²) in [6, 6.07) is 5.60. The molecule has 0 atom stereocenters. The summed E-state index contributed by atoms with van der Waals surface area (Å²) in [4.78, 5) is 42.4. The van der Waals surface area contributed by atoms with E-state index in [0.29, 0.717) is 17.7 Å². The molecule has 0 aliphatic rings. The van der Waals surface area contributed by atoms with Gasteiger partial charge in [0.1, 0.15) is 5.39 Å². The number of amides is 1. The summed E-state index contributed by atoms with van der Waals surface area (Å²) < 4.78 is 2.35. The average molecular weight is 380 g/mol. The number of hydrogen-bond acceptors (Lipinski definition) is 4. The Hall–Kier alpha value is -3.22. The van der Waals surface area contributed by atoms with Gasteiger partial charge in [0.15, 0.2) is 5.65 Å². The van der Waals surface area contributed by atoms with Crippen LogP contribution in [0.2, 0.25) is 0 Å². The number of benzene rings is 1. The van der Waals surface area contributed by atoms with Crippen LogP contribution in [0.3, 0.4) is 0 Å². The molecule has 0 fully saturated rings. The third-order valence-electron chi connectivity index (χ3n) is 4.79. The monoisotopic (exact) mass is 380 g/mol. The zero-order valence-electron chi connectivity index (χ0n) is 16.8. The van der Waals surface area contributed by atoms with Crippen LogP contribution in [0.5, 0.6) is 0 Å². The minimum absolute atomic E-state index is 0.244. The molecule has 0 radical (unpaired) electrons. The molecular formula is C21H24N4O3. The summed E-state index contributed by atoms with van der Waals surface area (Å²) in [6.07, 6.45) is 3.10. The minimum atomic E-state index is -0.473. The van der Waals surface area contributed by atoms with E-state index in [1.54, 1.807) is 25.4 Å². The first-order chi connectivity index (χ1) is 13.2. The van der Waals surface area contributed by atoms with Crippen LogP contribution in [-0.4, -0.2) is 20.0 Å². The molecule has 2 heterocycles. The molecule has 1 aromatic carbocycles. The highest BCUT2D eigenvalue weighted by molar-refractivity contribution is 6.09. The van der Waals surface area contributed by atoms with Gasteiger partial charge in [0.05, 0.1) is 5.69 Å². The van der Waals surface area contributed by atoms with Gasteiger partial charge in [0.2, 0.25) is 0 Å². The number of carbonyl (C=O) groups excluding carboxylic acids is 1. The summed E-state index contributed by atoms with van der Waals surface area (Å²) in [7, 11) is 2.98. The molecule has 146 valence electrons. The minimum Gasteiger partial charge on any atom is -0.321 e. The lowest BCUT2D eigenvalue weighted by atomic mass is 10.1. The van der Waals surface area contributed by atoms with Crippen molar-refractivity contribution in [2.45, 2.75) is 33.6 Å². The second-order valence-electron chi connectivity index (χ2n) is 7.14. The lowest BCUT2D eigenvalue weighted by Gasteiger charge is -2.15. The summed E-state index contributed by atoms with van der Waals surface area (Å²) in [6.45, 7) is 5.87. The Balaban J connectivity index is 2.25. The molecule has 0 saturated carbocycles. The van der Waals surface area contributed by atoms with E-state index in [0.717, 1.165) is 27.7 Å². The Labute approximate surface area is 162 Å². The molecule has 0 unspecified atom stereocenters. The van der Waals surface area contributed by atoms with E-state index in [1.165, 1.54) is 11.6 Å². The number of nitrogens with one attached hydrogen (secondary N) is 1. The van der Waals surface area contributed by atoms with Gasteiger partial charge in [-0.1, -0.05) is 30.5 Å². The largest absolute Gasteiger partial charge is 0.332 e. The molecular weight excluding hydrogens is 356 g/mol. The Bertz CT molecular complexity index is 1180. The van der Waals surface area contributed by atoms with Crippen molar-refractivity contribution >= 4 is 22.6 Å². The van der Waals surface area contributed by atoms with Crippen LogP contribution in [0.4, 0.5) is 5.69 Å². The van der Waals surface area contributed by atoms with Crippen LogP contribution < -0.4 is 16.6 Å². The van der Waals surface area contributed by atoms with Crippen molar-refractivity contribution in [2.75, 3.05) is 5.32 Å². The second kappa shape index (κ2) is 7.42. The van der Waals surface area contributed by atoms with Crippen LogP contribution in [0.25, 0.3) is 11.0 Å². The number of nitrogens with zero attached hydrogens (tertiary/aromatic N) is 3. The Kier molecular flexibility index (Phi) is 5.18. The van der Waals surface area contributed by atoms with E-state index in [9.17, 15) is 14.4 Å². The molecule has 3 aromatic rings. The first-order valence-corrected chi connectivity index (χ1v) is 9.21. The Morgan fingerprint density at radius 3 is 2.32 bits per heavy atom. The van der Waals surface area contributed by atoms with Crippen LogP contribution in [-0.2, 0) is 20.5 Å². The number of carbonyl (C=O) groups is 1. The van der Waals surface area contributed by atoms with Crippen molar-refractivity contribution in [1.29, 1.82) is 0 Å². The number of rotatable bonds is 4. The van der Waals surface area contributed by atoms with Gasteiger partial charge in [-0.25, -0.2) is 9.78 Å². The van der Waals surface area contributed by atoms with Gasteiger partial charge < -0.3 is 5.32 Å². The summed E-state index contributed by atoms with van der Waals surface area (Å²) in [5.41, 5.74) is 3.00. The first-order valence-electron chi connectivity index (χ1n) is 9.21. The van der Waals surface area contributed by atoms with Crippen LogP contribution >= 0.6 is 0 Å². The molecule has 0 aliphatic carbocycles. The fraction of sp³-hybridized carbons (Fsp3) is 0.333. The van der Waals surface area contributed by atoms with Crippen molar-refractivity contribution in [3.05, 3.63) is 67.5 Å². The molecule has 0 bridgehead atoms. The lowest BCUT2D eigenvalue weighted by molar-refractivity contribution is 0.102. The molecule has 3 rings (SSSR count). The predicted octanol–water partition coefficient (Wildman–Crippen LogP) is 2.45. The molecule has 0 saturated heterocycles. The van der Waals surface area contributed by atoms with Crippen LogP contribution in [0, 0.1) is 13.8 Å². The molecule has 28 heavy (non-hydrogen) atoms. The van der Waals surface area contributed by atoms with Crippen molar-refractivity contribution in [1.82, 2.24) is 14.1 Å². The maximum atomic E-state index is 13.0. The highest BCUT2D eigenvalue weighted by Gasteiger charge is 2.19. The normalized spacial score (nSPS) is 11.0. The molecule has 1 amide bonds. The molecule has 2 aromatic heterocycles. The highest BCUT2D eigenvalue weighted by atomic mass is 16.2. The van der Waals surface area contributed by atoms with Crippen molar-refractivity contribution in [3.8, 4) is 0 Å². The van der Waals surface area contributed by atoms with Gasteiger partial charge in [-0.3, -0.25) is 18.7 Å². The average Bonchev–Trinajstić information content (AvgIpc) is 2.65.